The number of carbonyl (C=O) groups excluding carboxylic acids is 1. The number of para-hydroxylation sites is 1. The molecule has 0 saturated carbocycles. The molecule has 3 aromatic rings. The number of aryl methyl sites for hydroxylation is 1. The van der Waals surface area contributed by atoms with Crippen molar-refractivity contribution in [2.75, 3.05) is 12.4 Å². The van der Waals surface area contributed by atoms with Crippen LogP contribution < -0.4 is 5.32 Å². The molecule has 116 valence electrons. The summed E-state index contributed by atoms with van der Waals surface area (Å²) in [5, 5.41) is 4.65. The number of esters is 1. The van der Waals surface area contributed by atoms with Gasteiger partial charge in [0.15, 0.2) is 5.69 Å². The van der Waals surface area contributed by atoms with Crippen molar-refractivity contribution in [3.63, 3.8) is 0 Å². The number of benzene rings is 2. The van der Waals surface area contributed by atoms with Crippen molar-refractivity contribution in [2.45, 2.75) is 6.92 Å². The summed E-state index contributed by atoms with van der Waals surface area (Å²) in [5.41, 5.74) is 3.59. The molecule has 1 heterocycles. The van der Waals surface area contributed by atoms with Crippen LogP contribution in [-0.4, -0.2) is 18.1 Å². The summed E-state index contributed by atoms with van der Waals surface area (Å²) in [7, 11) is 1.33. The molecule has 0 saturated heterocycles. The summed E-state index contributed by atoms with van der Waals surface area (Å²) in [6.07, 6.45) is 0. The van der Waals surface area contributed by atoms with Crippen LogP contribution in [-0.2, 0) is 4.74 Å². The number of rotatable bonds is 3. The lowest BCUT2D eigenvalue weighted by Crippen LogP contribution is -2.06. The summed E-state index contributed by atoms with van der Waals surface area (Å²) in [6, 6.07) is 15.2. The van der Waals surface area contributed by atoms with Gasteiger partial charge in [0, 0.05) is 11.1 Å². The Morgan fingerprint density at radius 3 is 2.70 bits per heavy atom. The van der Waals surface area contributed by atoms with E-state index in [4.69, 9.17) is 16.3 Å². The lowest BCUT2D eigenvalue weighted by Gasteiger charge is -2.12. The highest BCUT2D eigenvalue weighted by atomic mass is 35.5. The first-order valence-electron chi connectivity index (χ1n) is 7.10. The molecule has 0 aliphatic carbocycles. The third kappa shape index (κ3) is 3.12. The standard InChI is InChI=1S/C18H15ClN2O2/c1-11-5-3-6-12(9-11)20-15-10-16(18(22)23-2)21-17-13(15)7-4-8-14(17)19/h3-10H,1-2H3,(H,20,21). The van der Waals surface area contributed by atoms with Crippen LogP contribution in [0.3, 0.4) is 0 Å². The zero-order valence-electron chi connectivity index (χ0n) is 12.8. The summed E-state index contributed by atoms with van der Waals surface area (Å²) in [5.74, 6) is -0.501. The van der Waals surface area contributed by atoms with Crippen molar-refractivity contribution in [1.29, 1.82) is 0 Å². The molecule has 0 unspecified atom stereocenters. The minimum atomic E-state index is -0.501. The number of carbonyl (C=O) groups is 1. The first-order chi connectivity index (χ1) is 11.1. The van der Waals surface area contributed by atoms with Crippen LogP contribution in [0.4, 0.5) is 11.4 Å². The second-order valence-corrected chi connectivity index (χ2v) is 5.58. The molecule has 23 heavy (non-hydrogen) atoms. The van der Waals surface area contributed by atoms with E-state index >= 15 is 0 Å². The highest BCUT2D eigenvalue weighted by molar-refractivity contribution is 6.35. The Labute approximate surface area is 139 Å². The van der Waals surface area contributed by atoms with Crippen molar-refractivity contribution in [3.05, 3.63) is 64.8 Å². The Hall–Kier alpha value is -2.59. The number of fused-ring (bicyclic) bond motifs is 1. The largest absolute Gasteiger partial charge is 0.464 e. The number of nitrogens with one attached hydrogen (secondary N) is 1. The number of ether oxygens (including phenoxy) is 1. The van der Waals surface area contributed by atoms with Crippen molar-refractivity contribution in [2.24, 2.45) is 0 Å². The normalized spacial score (nSPS) is 10.6. The maximum atomic E-state index is 11.9. The van der Waals surface area contributed by atoms with Crippen LogP contribution in [0, 0.1) is 6.92 Å². The van der Waals surface area contributed by atoms with E-state index in [1.807, 2.05) is 43.3 Å². The zero-order chi connectivity index (χ0) is 16.4. The molecule has 0 fully saturated rings. The predicted molar refractivity (Wildman–Crippen MR) is 92.6 cm³/mol. The monoisotopic (exact) mass is 326 g/mol. The Kier molecular flexibility index (Phi) is 4.17. The number of anilines is 2. The molecule has 3 rings (SSSR count). The number of nitrogens with zero attached hydrogens (tertiary/aromatic N) is 1. The van der Waals surface area contributed by atoms with E-state index < -0.39 is 5.97 Å². The fraction of sp³-hybridized carbons (Fsp3) is 0.111. The minimum Gasteiger partial charge on any atom is -0.464 e. The number of pyridine rings is 1. The molecule has 0 amide bonds. The molecule has 2 aromatic carbocycles. The topological polar surface area (TPSA) is 51.2 Å². The molecule has 0 atom stereocenters. The Balaban J connectivity index is 2.17. The van der Waals surface area contributed by atoms with Gasteiger partial charge in [0.1, 0.15) is 0 Å². The number of hydrogen-bond donors (Lipinski definition) is 1. The molecule has 0 radical (unpaired) electrons. The summed E-state index contributed by atoms with van der Waals surface area (Å²) in [4.78, 5) is 16.2. The molecule has 5 heteroatoms. The van der Waals surface area contributed by atoms with Gasteiger partial charge in [0.25, 0.3) is 0 Å². The zero-order valence-corrected chi connectivity index (χ0v) is 13.5. The third-order valence-electron chi connectivity index (χ3n) is 3.48. The fourth-order valence-corrected chi connectivity index (χ4v) is 2.62. The van der Waals surface area contributed by atoms with Gasteiger partial charge in [-0.1, -0.05) is 35.9 Å². The number of aromatic nitrogens is 1. The van der Waals surface area contributed by atoms with Gasteiger partial charge in [-0.3, -0.25) is 0 Å². The Morgan fingerprint density at radius 2 is 1.96 bits per heavy atom. The molecule has 0 aliphatic heterocycles. The number of methoxy groups -OCH3 is 1. The van der Waals surface area contributed by atoms with Crippen LogP contribution in [0.2, 0.25) is 5.02 Å². The SMILES string of the molecule is COC(=O)c1cc(Nc2cccc(C)c2)c2cccc(Cl)c2n1. The van der Waals surface area contributed by atoms with Gasteiger partial charge in [-0.25, -0.2) is 9.78 Å². The molecule has 4 nitrogen and oxygen atoms in total. The second-order valence-electron chi connectivity index (χ2n) is 5.18. The van der Waals surface area contributed by atoms with Gasteiger partial charge in [-0.05, 0) is 36.8 Å². The molecule has 1 aromatic heterocycles. The Morgan fingerprint density at radius 1 is 1.17 bits per heavy atom. The number of halogens is 1. The van der Waals surface area contributed by atoms with Gasteiger partial charge >= 0.3 is 5.97 Å². The fourth-order valence-electron chi connectivity index (χ4n) is 2.40. The highest BCUT2D eigenvalue weighted by Crippen LogP contribution is 2.30. The third-order valence-corrected chi connectivity index (χ3v) is 3.79. The van der Waals surface area contributed by atoms with Crippen molar-refractivity contribution in [3.8, 4) is 0 Å². The molecular weight excluding hydrogens is 312 g/mol. The van der Waals surface area contributed by atoms with E-state index in [0.717, 1.165) is 22.3 Å². The van der Waals surface area contributed by atoms with E-state index in [2.05, 4.69) is 10.3 Å². The molecule has 1 N–H and O–H groups in total. The first-order valence-corrected chi connectivity index (χ1v) is 7.47. The van der Waals surface area contributed by atoms with Gasteiger partial charge in [-0.15, -0.1) is 0 Å². The van der Waals surface area contributed by atoms with Crippen LogP contribution in [0.25, 0.3) is 10.9 Å². The van der Waals surface area contributed by atoms with Gasteiger partial charge in [0.2, 0.25) is 0 Å². The van der Waals surface area contributed by atoms with Gasteiger partial charge in [0.05, 0.1) is 23.3 Å². The predicted octanol–water partition coefficient (Wildman–Crippen LogP) is 4.73. The van der Waals surface area contributed by atoms with Crippen molar-refractivity contribution < 1.29 is 9.53 Å². The molecule has 0 bridgehead atoms. The quantitative estimate of drug-likeness (QED) is 0.707. The summed E-state index contributed by atoms with van der Waals surface area (Å²) >= 11 is 6.23. The lowest BCUT2D eigenvalue weighted by atomic mass is 10.1. The van der Waals surface area contributed by atoms with E-state index in [1.54, 1.807) is 12.1 Å². The van der Waals surface area contributed by atoms with Crippen LogP contribution in [0.15, 0.2) is 48.5 Å². The first kappa shape index (κ1) is 15.3. The average Bonchev–Trinajstić information content (AvgIpc) is 2.55. The summed E-state index contributed by atoms with van der Waals surface area (Å²) in [6.45, 7) is 2.02. The average molecular weight is 327 g/mol. The highest BCUT2D eigenvalue weighted by Gasteiger charge is 2.14. The smallest absolute Gasteiger partial charge is 0.356 e. The number of hydrogen-bond acceptors (Lipinski definition) is 4. The van der Waals surface area contributed by atoms with E-state index in [9.17, 15) is 4.79 Å². The molecular formula is C18H15ClN2O2. The van der Waals surface area contributed by atoms with E-state index in [1.165, 1.54) is 7.11 Å². The van der Waals surface area contributed by atoms with Crippen LogP contribution in [0.5, 0.6) is 0 Å². The van der Waals surface area contributed by atoms with Crippen LogP contribution >= 0.6 is 11.6 Å². The summed E-state index contributed by atoms with van der Waals surface area (Å²) < 4.78 is 4.78. The van der Waals surface area contributed by atoms with E-state index in [0.29, 0.717) is 10.5 Å². The lowest BCUT2D eigenvalue weighted by molar-refractivity contribution is 0.0594. The second kappa shape index (κ2) is 6.26. The Bertz CT molecular complexity index is 893. The minimum absolute atomic E-state index is 0.211. The van der Waals surface area contributed by atoms with Crippen LogP contribution in [0.1, 0.15) is 16.1 Å². The van der Waals surface area contributed by atoms with Gasteiger partial charge < -0.3 is 10.1 Å². The molecule has 0 aliphatic rings. The maximum absolute atomic E-state index is 11.9. The van der Waals surface area contributed by atoms with E-state index in [-0.39, 0.29) is 5.69 Å². The van der Waals surface area contributed by atoms with Gasteiger partial charge in [-0.2, -0.15) is 0 Å². The maximum Gasteiger partial charge on any atom is 0.356 e. The molecule has 0 spiro atoms. The van der Waals surface area contributed by atoms with Crippen molar-refractivity contribution >= 4 is 39.8 Å². The van der Waals surface area contributed by atoms with Crippen molar-refractivity contribution in [1.82, 2.24) is 4.98 Å².